The van der Waals surface area contributed by atoms with Gasteiger partial charge in [-0.1, -0.05) is 53.5 Å². The van der Waals surface area contributed by atoms with E-state index in [4.69, 9.17) is 32.7 Å². The van der Waals surface area contributed by atoms with Gasteiger partial charge in [-0.25, -0.2) is 4.79 Å². The number of carbonyl (C=O) groups excluding carboxylic acids is 1. The van der Waals surface area contributed by atoms with Crippen LogP contribution in [0.1, 0.15) is 12.5 Å². The van der Waals surface area contributed by atoms with Crippen LogP contribution < -0.4 is 4.74 Å². The molecule has 2 aromatic carbocycles. The van der Waals surface area contributed by atoms with Crippen LogP contribution in [0.15, 0.2) is 48.5 Å². The number of ether oxygens (including phenoxy) is 2. The molecule has 0 fully saturated rings. The Morgan fingerprint density at radius 3 is 2.56 bits per heavy atom. The lowest BCUT2D eigenvalue weighted by molar-refractivity contribution is -0.151. The van der Waals surface area contributed by atoms with Gasteiger partial charge in [0, 0.05) is 18.1 Å². The number of hydrogen-bond donors (Lipinski definition) is 0. The minimum Gasteiger partial charge on any atom is -0.480 e. The SMILES string of the molecule is C[C@H](CN(C)Cc1ccccc1)OC(=O)COc1ccc(Cl)cc1Cl. The Hall–Kier alpha value is -1.75. The summed E-state index contributed by atoms with van der Waals surface area (Å²) in [7, 11) is 1.99. The molecule has 25 heavy (non-hydrogen) atoms. The standard InChI is InChI=1S/C19H21Cl2NO3/c1-14(11-22(2)12-15-6-4-3-5-7-15)25-19(23)13-24-18-9-8-16(20)10-17(18)21/h3-10,14H,11-13H2,1-2H3/t14-/m1/s1. The Kier molecular flexibility index (Phi) is 7.56. The van der Waals surface area contributed by atoms with Gasteiger partial charge >= 0.3 is 5.97 Å². The van der Waals surface area contributed by atoms with Crippen molar-refractivity contribution in [1.29, 1.82) is 0 Å². The van der Waals surface area contributed by atoms with E-state index in [0.717, 1.165) is 6.54 Å². The van der Waals surface area contributed by atoms with Crippen LogP contribution in [0.2, 0.25) is 10.0 Å². The minimum absolute atomic E-state index is 0.200. The molecular weight excluding hydrogens is 361 g/mol. The molecule has 0 bridgehead atoms. The monoisotopic (exact) mass is 381 g/mol. The Labute approximate surface area is 158 Å². The van der Waals surface area contributed by atoms with Crippen LogP contribution in [0.4, 0.5) is 0 Å². The zero-order valence-electron chi connectivity index (χ0n) is 14.2. The molecule has 2 aromatic rings. The van der Waals surface area contributed by atoms with Crippen LogP contribution in [0.25, 0.3) is 0 Å². The molecule has 134 valence electrons. The molecule has 0 radical (unpaired) electrons. The Bertz CT molecular complexity index is 694. The van der Waals surface area contributed by atoms with Crippen LogP contribution in [0.3, 0.4) is 0 Å². The summed E-state index contributed by atoms with van der Waals surface area (Å²) >= 11 is 11.8. The number of esters is 1. The van der Waals surface area contributed by atoms with Crippen LogP contribution >= 0.6 is 23.2 Å². The summed E-state index contributed by atoms with van der Waals surface area (Å²) in [5, 5.41) is 0.867. The molecule has 0 N–H and O–H groups in total. The van der Waals surface area contributed by atoms with Crippen LogP contribution in [0, 0.1) is 0 Å². The largest absolute Gasteiger partial charge is 0.480 e. The van der Waals surface area contributed by atoms with Crippen LogP contribution in [-0.4, -0.2) is 37.2 Å². The summed E-state index contributed by atoms with van der Waals surface area (Å²) in [6.07, 6.45) is -0.245. The van der Waals surface area contributed by atoms with E-state index >= 15 is 0 Å². The zero-order valence-corrected chi connectivity index (χ0v) is 15.8. The maximum absolute atomic E-state index is 11.9. The van der Waals surface area contributed by atoms with Gasteiger partial charge in [-0.15, -0.1) is 0 Å². The molecule has 0 unspecified atom stereocenters. The number of carbonyl (C=O) groups is 1. The summed E-state index contributed by atoms with van der Waals surface area (Å²) in [4.78, 5) is 14.0. The minimum atomic E-state index is -0.438. The average molecular weight is 382 g/mol. The Morgan fingerprint density at radius 2 is 1.88 bits per heavy atom. The topological polar surface area (TPSA) is 38.8 Å². The first kappa shape index (κ1) is 19.6. The first-order valence-corrected chi connectivity index (χ1v) is 8.69. The highest BCUT2D eigenvalue weighted by molar-refractivity contribution is 6.35. The molecule has 0 heterocycles. The fourth-order valence-corrected chi connectivity index (χ4v) is 2.89. The van der Waals surface area contributed by atoms with Gasteiger partial charge < -0.3 is 9.47 Å². The van der Waals surface area contributed by atoms with Gasteiger partial charge in [0.25, 0.3) is 0 Å². The van der Waals surface area contributed by atoms with E-state index in [0.29, 0.717) is 22.3 Å². The van der Waals surface area contributed by atoms with Gasteiger partial charge in [0.05, 0.1) is 5.02 Å². The third-order valence-electron chi connectivity index (χ3n) is 3.44. The fraction of sp³-hybridized carbons (Fsp3) is 0.316. The molecule has 0 aliphatic rings. The van der Waals surface area contributed by atoms with Gasteiger partial charge in [0.15, 0.2) is 6.61 Å². The first-order chi connectivity index (χ1) is 11.9. The lowest BCUT2D eigenvalue weighted by Crippen LogP contribution is -2.31. The van der Waals surface area contributed by atoms with Crippen LogP contribution in [0.5, 0.6) is 5.75 Å². The zero-order chi connectivity index (χ0) is 18.2. The maximum Gasteiger partial charge on any atom is 0.344 e. The molecule has 0 spiro atoms. The van der Waals surface area contributed by atoms with Crippen molar-refractivity contribution < 1.29 is 14.3 Å². The van der Waals surface area contributed by atoms with E-state index in [9.17, 15) is 4.79 Å². The molecule has 0 aliphatic carbocycles. The van der Waals surface area contributed by atoms with E-state index in [-0.39, 0.29) is 12.7 Å². The molecule has 0 aromatic heterocycles. The van der Waals surface area contributed by atoms with Crippen molar-refractivity contribution in [2.75, 3.05) is 20.2 Å². The van der Waals surface area contributed by atoms with Gasteiger partial charge in [-0.05, 0) is 37.7 Å². The molecular formula is C19H21Cl2NO3. The van der Waals surface area contributed by atoms with Gasteiger partial charge in [-0.2, -0.15) is 0 Å². The molecule has 0 amide bonds. The maximum atomic E-state index is 11.9. The van der Waals surface area contributed by atoms with E-state index in [1.165, 1.54) is 5.56 Å². The third kappa shape index (κ3) is 6.94. The number of rotatable bonds is 8. The van der Waals surface area contributed by atoms with Crippen LogP contribution in [-0.2, 0) is 16.1 Å². The highest BCUT2D eigenvalue weighted by atomic mass is 35.5. The first-order valence-electron chi connectivity index (χ1n) is 7.94. The summed E-state index contributed by atoms with van der Waals surface area (Å²) in [5.41, 5.74) is 1.21. The lowest BCUT2D eigenvalue weighted by atomic mass is 10.2. The van der Waals surface area contributed by atoms with Gasteiger partial charge in [0.1, 0.15) is 11.9 Å². The Balaban J connectivity index is 1.74. The molecule has 0 saturated carbocycles. The van der Waals surface area contributed by atoms with Crippen molar-refractivity contribution in [2.45, 2.75) is 19.6 Å². The molecule has 1 atom stereocenters. The normalized spacial score (nSPS) is 12.0. The predicted octanol–water partition coefficient (Wildman–Crippen LogP) is 4.44. The van der Waals surface area contributed by atoms with Gasteiger partial charge in [0.2, 0.25) is 0 Å². The predicted molar refractivity (Wildman–Crippen MR) is 100 cm³/mol. The highest BCUT2D eigenvalue weighted by Crippen LogP contribution is 2.27. The van der Waals surface area contributed by atoms with E-state index < -0.39 is 5.97 Å². The molecule has 2 rings (SSSR count). The van der Waals surface area contributed by atoms with E-state index in [2.05, 4.69) is 17.0 Å². The molecule has 6 heteroatoms. The van der Waals surface area contributed by atoms with E-state index in [1.54, 1.807) is 18.2 Å². The van der Waals surface area contributed by atoms with Crippen molar-refractivity contribution in [1.82, 2.24) is 4.90 Å². The summed E-state index contributed by atoms with van der Waals surface area (Å²) in [6, 6.07) is 15.0. The average Bonchev–Trinajstić information content (AvgIpc) is 2.54. The summed E-state index contributed by atoms with van der Waals surface area (Å²) in [6.45, 7) is 3.07. The smallest absolute Gasteiger partial charge is 0.344 e. The summed E-state index contributed by atoms with van der Waals surface area (Å²) in [5.74, 6) is -0.0384. The second-order valence-electron chi connectivity index (χ2n) is 5.85. The molecule has 4 nitrogen and oxygen atoms in total. The van der Waals surface area contributed by atoms with Crippen molar-refractivity contribution in [2.24, 2.45) is 0 Å². The van der Waals surface area contributed by atoms with E-state index in [1.807, 2.05) is 32.2 Å². The fourth-order valence-electron chi connectivity index (χ4n) is 2.42. The number of benzene rings is 2. The number of likely N-dealkylation sites (N-methyl/N-ethyl adjacent to an activating group) is 1. The summed E-state index contributed by atoms with van der Waals surface area (Å²) < 4.78 is 10.7. The van der Waals surface area contributed by atoms with Gasteiger partial charge in [-0.3, -0.25) is 4.90 Å². The number of hydrogen-bond acceptors (Lipinski definition) is 4. The second-order valence-corrected chi connectivity index (χ2v) is 6.69. The quantitative estimate of drug-likeness (QED) is 0.633. The highest BCUT2D eigenvalue weighted by Gasteiger charge is 2.13. The third-order valence-corrected chi connectivity index (χ3v) is 3.97. The second kappa shape index (κ2) is 9.66. The lowest BCUT2D eigenvalue weighted by Gasteiger charge is -2.21. The number of halogens is 2. The Morgan fingerprint density at radius 1 is 1.16 bits per heavy atom. The van der Waals surface area contributed by atoms with Crippen molar-refractivity contribution in [3.63, 3.8) is 0 Å². The molecule has 0 saturated heterocycles. The van der Waals surface area contributed by atoms with Crippen molar-refractivity contribution >= 4 is 29.2 Å². The number of nitrogens with zero attached hydrogens (tertiary/aromatic N) is 1. The molecule has 0 aliphatic heterocycles. The van der Waals surface area contributed by atoms with Crippen molar-refractivity contribution in [3.8, 4) is 5.75 Å². The van der Waals surface area contributed by atoms with Crippen molar-refractivity contribution in [3.05, 3.63) is 64.1 Å².